The molecule has 0 bridgehead atoms. The Morgan fingerprint density at radius 3 is 2.75 bits per heavy atom. The first-order valence-electron chi connectivity index (χ1n) is 7.68. The molecule has 0 radical (unpaired) electrons. The average Bonchev–Trinajstić information content (AvgIpc) is 3.24. The van der Waals surface area contributed by atoms with Crippen LogP contribution in [0.2, 0.25) is 0 Å². The van der Waals surface area contributed by atoms with Crippen LogP contribution >= 0.6 is 0 Å². The van der Waals surface area contributed by atoms with Crippen LogP contribution in [-0.2, 0) is 10.0 Å². The molecular formula is C15H16FN5O2S. The van der Waals surface area contributed by atoms with Crippen LogP contribution in [-0.4, -0.2) is 46.0 Å². The van der Waals surface area contributed by atoms with Gasteiger partial charge in [-0.2, -0.15) is 9.40 Å². The Kier molecular flexibility index (Phi) is 3.61. The van der Waals surface area contributed by atoms with E-state index in [0.717, 1.165) is 11.3 Å². The first-order chi connectivity index (χ1) is 11.5. The number of benzene rings is 1. The van der Waals surface area contributed by atoms with E-state index >= 15 is 0 Å². The average molecular weight is 349 g/mol. The largest absolute Gasteiger partial charge is 0.342 e. The van der Waals surface area contributed by atoms with Gasteiger partial charge in [0.05, 0.1) is 17.2 Å². The number of aromatic nitrogens is 4. The van der Waals surface area contributed by atoms with Gasteiger partial charge in [-0.25, -0.2) is 17.8 Å². The van der Waals surface area contributed by atoms with Crippen LogP contribution in [0.3, 0.4) is 0 Å². The smallest absolute Gasteiger partial charge is 0.246 e. The minimum absolute atomic E-state index is 0.135. The molecule has 2 N–H and O–H groups in total. The van der Waals surface area contributed by atoms with Crippen molar-refractivity contribution in [2.24, 2.45) is 0 Å². The van der Waals surface area contributed by atoms with Crippen molar-refractivity contribution in [3.63, 3.8) is 0 Å². The van der Waals surface area contributed by atoms with E-state index in [4.69, 9.17) is 0 Å². The van der Waals surface area contributed by atoms with Crippen molar-refractivity contribution >= 4 is 21.1 Å². The van der Waals surface area contributed by atoms with Gasteiger partial charge in [-0.15, -0.1) is 0 Å². The zero-order chi connectivity index (χ0) is 16.7. The number of hydrogen-bond acceptors (Lipinski definition) is 4. The van der Waals surface area contributed by atoms with Crippen molar-refractivity contribution in [1.29, 1.82) is 0 Å². The molecule has 3 aromatic rings. The number of aromatic amines is 2. The van der Waals surface area contributed by atoms with Crippen molar-refractivity contribution in [3.05, 3.63) is 42.2 Å². The van der Waals surface area contributed by atoms with Crippen LogP contribution in [0, 0.1) is 5.82 Å². The Labute approximate surface area is 138 Å². The third kappa shape index (κ3) is 2.59. The van der Waals surface area contributed by atoms with Gasteiger partial charge in [-0.05, 0) is 31.0 Å². The molecule has 0 unspecified atom stereocenters. The number of nitrogens with one attached hydrogen (secondary N) is 2. The molecule has 126 valence electrons. The van der Waals surface area contributed by atoms with Crippen molar-refractivity contribution in [3.8, 4) is 0 Å². The zero-order valence-corrected chi connectivity index (χ0v) is 13.6. The lowest BCUT2D eigenvalue weighted by molar-refractivity contribution is 0.314. The first-order valence-corrected chi connectivity index (χ1v) is 9.12. The molecule has 0 amide bonds. The molecule has 1 aromatic carbocycles. The summed E-state index contributed by atoms with van der Waals surface area (Å²) >= 11 is 0. The molecule has 1 fully saturated rings. The van der Waals surface area contributed by atoms with Gasteiger partial charge in [0.25, 0.3) is 0 Å². The third-order valence-corrected chi connectivity index (χ3v) is 6.28. The lowest BCUT2D eigenvalue weighted by Gasteiger charge is -2.29. The topological polar surface area (TPSA) is 94.7 Å². The molecule has 2 aromatic heterocycles. The maximum atomic E-state index is 13.3. The predicted octanol–water partition coefficient (Wildman–Crippen LogP) is 1.99. The molecule has 7 nitrogen and oxygen atoms in total. The Balaban J connectivity index is 1.51. The molecule has 4 rings (SSSR count). The summed E-state index contributed by atoms with van der Waals surface area (Å²) in [4.78, 5) is 7.84. The van der Waals surface area contributed by atoms with E-state index < -0.39 is 10.0 Å². The molecule has 3 heterocycles. The number of piperidine rings is 1. The number of hydrogen-bond donors (Lipinski definition) is 2. The van der Waals surface area contributed by atoms with Crippen LogP contribution < -0.4 is 0 Å². The van der Waals surface area contributed by atoms with E-state index in [2.05, 4.69) is 20.2 Å². The Morgan fingerprint density at radius 2 is 2.04 bits per heavy atom. The predicted molar refractivity (Wildman–Crippen MR) is 85.4 cm³/mol. The molecule has 1 aliphatic heterocycles. The number of H-pyrrole nitrogens is 2. The molecule has 0 spiro atoms. The Hall–Kier alpha value is -2.26. The lowest BCUT2D eigenvalue weighted by Crippen LogP contribution is -2.37. The van der Waals surface area contributed by atoms with Crippen molar-refractivity contribution in [2.75, 3.05) is 13.1 Å². The summed E-state index contributed by atoms with van der Waals surface area (Å²) < 4.78 is 39.7. The summed E-state index contributed by atoms with van der Waals surface area (Å²) in [6.07, 6.45) is 4.03. The molecule has 0 atom stereocenters. The number of imidazole rings is 1. The highest BCUT2D eigenvalue weighted by atomic mass is 32.2. The van der Waals surface area contributed by atoms with Gasteiger partial charge in [-0.1, -0.05) is 0 Å². The first kappa shape index (κ1) is 15.3. The minimum atomic E-state index is -3.50. The number of nitrogens with zero attached hydrogens (tertiary/aromatic N) is 3. The molecule has 0 saturated carbocycles. The monoisotopic (exact) mass is 349 g/mol. The summed E-state index contributed by atoms with van der Waals surface area (Å²) in [5.41, 5.74) is 1.39. The second-order valence-electron chi connectivity index (χ2n) is 5.90. The number of fused-ring (bicyclic) bond motifs is 1. The van der Waals surface area contributed by atoms with Gasteiger partial charge in [0.1, 0.15) is 16.5 Å². The summed E-state index contributed by atoms with van der Waals surface area (Å²) in [6.45, 7) is 0.840. The van der Waals surface area contributed by atoms with E-state index in [1.807, 2.05) is 0 Å². The molecule has 24 heavy (non-hydrogen) atoms. The normalized spacial score (nSPS) is 17.5. The van der Waals surface area contributed by atoms with Crippen LogP contribution in [0.15, 0.2) is 35.5 Å². The van der Waals surface area contributed by atoms with Gasteiger partial charge < -0.3 is 4.98 Å². The zero-order valence-electron chi connectivity index (χ0n) is 12.7. The van der Waals surface area contributed by atoms with Gasteiger partial charge in [0, 0.05) is 25.2 Å². The van der Waals surface area contributed by atoms with E-state index in [9.17, 15) is 12.8 Å². The van der Waals surface area contributed by atoms with Crippen LogP contribution in [0.1, 0.15) is 24.6 Å². The number of sulfonamides is 1. The number of rotatable bonds is 3. The third-order valence-electron chi connectivity index (χ3n) is 4.41. The van der Waals surface area contributed by atoms with Crippen molar-refractivity contribution in [2.45, 2.75) is 23.7 Å². The second-order valence-corrected chi connectivity index (χ2v) is 7.83. The minimum Gasteiger partial charge on any atom is -0.342 e. The van der Waals surface area contributed by atoms with E-state index in [1.54, 1.807) is 6.07 Å². The summed E-state index contributed by atoms with van der Waals surface area (Å²) in [5.74, 6) is 0.617. The molecule has 1 saturated heterocycles. The standard InChI is InChI=1S/C15H16FN5O2S/c16-11-1-2-13-14(7-11)20-15(19-13)10-3-5-21(6-4-10)24(22,23)12-8-17-18-9-12/h1-2,7-10H,3-6H2,(H,17,18)(H,19,20). The lowest BCUT2D eigenvalue weighted by atomic mass is 9.97. The molecular weight excluding hydrogens is 333 g/mol. The molecule has 0 aliphatic carbocycles. The molecule has 9 heteroatoms. The summed E-state index contributed by atoms with van der Waals surface area (Å²) in [6, 6.07) is 4.44. The highest BCUT2D eigenvalue weighted by Gasteiger charge is 2.31. The maximum absolute atomic E-state index is 13.3. The van der Waals surface area contributed by atoms with Gasteiger partial charge >= 0.3 is 0 Å². The Morgan fingerprint density at radius 1 is 1.25 bits per heavy atom. The molecule has 1 aliphatic rings. The fourth-order valence-electron chi connectivity index (χ4n) is 3.09. The van der Waals surface area contributed by atoms with Crippen LogP contribution in [0.5, 0.6) is 0 Å². The van der Waals surface area contributed by atoms with Gasteiger partial charge in [0.2, 0.25) is 10.0 Å². The highest BCUT2D eigenvalue weighted by molar-refractivity contribution is 7.89. The van der Waals surface area contributed by atoms with Crippen molar-refractivity contribution < 1.29 is 12.8 Å². The van der Waals surface area contributed by atoms with E-state index in [-0.39, 0.29) is 16.6 Å². The SMILES string of the molecule is O=S(=O)(c1cn[nH]c1)N1CCC(c2nc3ccc(F)cc3[nH]2)CC1. The fraction of sp³-hybridized carbons (Fsp3) is 0.333. The van der Waals surface area contributed by atoms with Crippen molar-refractivity contribution in [1.82, 2.24) is 24.5 Å². The van der Waals surface area contributed by atoms with Gasteiger partial charge in [-0.3, -0.25) is 5.10 Å². The van der Waals surface area contributed by atoms with E-state index in [0.29, 0.717) is 31.4 Å². The highest BCUT2D eigenvalue weighted by Crippen LogP contribution is 2.30. The number of halogens is 1. The summed E-state index contributed by atoms with van der Waals surface area (Å²) in [7, 11) is -3.50. The maximum Gasteiger partial charge on any atom is 0.246 e. The quantitative estimate of drug-likeness (QED) is 0.756. The fourth-order valence-corrected chi connectivity index (χ4v) is 4.47. The van der Waals surface area contributed by atoms with Crippen LogP contribution in [0.4, 0.5) is 4.39 Å². The van der Waals surface area contributed by atoms with Gasteiger partial charge in [0.15, 0.2) is 0 Å². The Bertz CT molecular complexity index is 959. The second kappa shape index (κ2) is 5.67. The van der Waals surface area contributed by atoms with E-state index in [1.165, 1.54) is 28.8 Å². The van der Waals surface area contributed by atoms with Crippen LogP contribution in [0.25, 0.3) is 11.0 Å². The summed E-state index contributed by atoms with van der Waals surface area (Å²) in [5, 5.41) is 6.23.